The molecular weight excluding hydrogens is 314 g/mol. The Morgan fingerprint density at radius 3 is 2.67 bits per heavy atom. The molecule has 0 saturated carbocycles. The second-order valence-electron chi connectivity index (χ2n) is 4.09. The summed E-state index contributed by atoms with van der Waals surface area (Å²) in [6, 6.07) is 13.0. The van der Waals surface area contributed by atoms with Crippen LogP contribution in [-0.4, -0.2) is 5.11 Å². The first-order chi connectivity index (χ1) is 8.56. The highest BCUT2D eigenvalue weighted by molar-refractivity contribution is 9.10. The van der Waals surface area contributed by atoms with Gasteiger partial charge in [-0.25, -0.2) is 0 Å². The summed E-state index contributed by atoms with van der Waals surface area (Å²) in [5.74, 6) is 0.267. The molecule has 0 fully saturated rings. The molecule has 0 bridgehead atoms. The zero-order valence-electron chi connectivity index (χ0n) is 9.82. The maximum absolute atomic E-state index is 9.46. The van der Waals surface area contributed by atoms with E-state index in [1.54, 1.807) is 12.1 Å². The summed E-state index contributed by atoms with van der Waals surface area (Å²) in [7, 11) is 0. The number of benzene rings is 2. The average Bonchev–Trinajstić information content (AvgIpc) is 2.32. The third-order valence-corrected chi connectivity index (χ3v) is 3.48. The summed E-state index contributed by atoms with van der Waals surface area (Å²) < 4.78 is 0.947. The van der Waals surface area contributed by atoms with Crippen molar-refractivity contribution < 1.29 is 5.11 Å². The Hall–Kier alpha value is -1.19. The van der Waals surface area contributed by atoms with Gasteiger partial charge in [-0.2, -0.15) is 0 Å². The molecule has 1 atom stereocenters. The lowest BCUT2D eigenvalue weighted by atomic mass is 10.1. The van der Waals surface area contributed by atoms with E-state index in [2.05, 4.69) is 21.2 Å². The van der Waals surface area contributed by atoms with Crippen molar-refractivity contribution in [1.82, 2.24) is 0 Å². The van der Waals surface area contributed by atoms with Gasteiger partial charge in [0.25, 0.3) is 0 Å². The van der Waals surface area contributed by atoms with E-state index in [1.165, 1.54) is 0 Å². The van der Waals surface area contributed by atoms with Crippen molar-refractivity contribution in [2.24, 2.45) is 0 Å². The lowest BCUT2D eigenvalue weighted by molar-refractivity contribution is 0.474. The van der Waals surface area contributed by atoms with Gasteiger partial charge in [-0.05, 0) is 42.8 Å². The van der Waals surface area contributed by atoms with Crippen molar-refractivity contribution in [1.29, 1.82) is 0 Å². The van der Waals surface area contributed by atoms with Crippen LogP contribution in [-0.2, 0) is 0 Å². The number of halogens is 2. The minimum atomic E-state index is 0.0655. The standard InChI is InChI=1S/C14H13BrClNO/c1-9(10-3-2-4-12(18)7-10)17-14-6-5-11(15)8-13(14)16/h2-9,17-18H,1H3. The van der Waals surface area contributed by atoms with E-state index in [0.717, 1.165) is 15.7 Å². The SMILES string of the molecule is CC(Nc1ccc(Br)cc1Cl)c1cccc(O)c1. The van der Waals surface area contributed by atoms with Crippen LogP contribution in [0.2, 0.25) is 5.02 Å². The molecule has 0 saturated heterocycles. The van der Waals surface area contributed by atoms with Gasteiger partial charge >= 0.3 is 0 Å². The Bertz CT molecular complexity index is 559. The van der Waals surface area contributed by atoms with Gasteiger partial charge in [-0.1, -0.05) is 39.7 Å². The van der Waals surface area contributed by atoms with E-state index in [-0.39, 0.29) is 11.8 Å². The third-order valence-electron chi connectivity index (χ3n) is 2.67. The number of phenolic OH excluding ortho intramolecular Hbond substituents is 1. The second kappa shape index (κ2) is 5.63. The van der Waals surface area contributed by atoms with Gasteiger partial charge in [0, 0.05) is 10.5 Å². The molecule has 0 spiro atoms. The van der Waals surface area contributed by atoms with Crippen LogP contribution in [0.15, 0.2) is 46.9 Å². The largest absolute Gasteiger partial charge is 0.508 e. The molecule has 1 unspecified atom stereocenters. The van der Waals surface area contributed by atoms with Crippen molar-refractivity contribution in [2.75, 3.05) is 5.32 Å². The molecule has 0 aromatic heterocycles. The molecule has 2 nitrogen and oxygen atoms in total. The molecular formula is C14H13BrClNO. The summed E-state index contributed by atoms with van der Waals surface area (Å²) in [5.41, 5.74) is 1.88. The number of anilines is 1. The van der Waals surface area contributed by atoms with E-state index in [4.69, 9.17) is 11.6 Å². The number of nitrogens with one attached hydrogen (secondary N) is 1. The van der Waals surface area contributed by atoms with Crippen LogP contribution in [0.3, 0.4) is 0 Å². The molecule has 0 radical (unpaired) electrons. The summed E-state index contributed by atoms with van der Waals surface area (Å²) in [6.07, 6.45) is 0. The van der Waals surface area contributed by atoms with Crippen molar-refractivity contribution in [3.05, 3.63) is 57.5 Å². The van der Waals surface area contributed by atoms with E-state index in [0.29, 0.717) is 5.02 Å². The lowest BCUT2D eigenvalue weighted by Gasteiger charge is -2.17. The highest BCUT2D eigenvalue weighted by Crippen LogP contribution is 2.29. The van der Waals surface area contributed by atoms with Crippen LogP contribution in [0, 0.1) is 0 Å². The van der Waals surface area contributed by atoms with E-state index >= 15 is 0 Å². The Balaban J connectivity index is 2.18. The van der Waals surface area contributed by atoms with E-state index < -0.39 is 0 Å². The first kappa shape index (κ1) is 13.2. The van der Waals surface area contributed by atoms with Crippen LogP contribution in [0.5, 0.6) is 5.75 Å². The van der Waals surface area contributed by atoms with Crippen LogP contribution in [0.4, 0.5) is 5.69 Å². The maximum atomic E-state index is 9.46. The topological polar surface area (TPSA) is 32.3 Å². The first-order valence-corrected chi connectivity index (χ1v) is 6.74. The summed E-state index contributed by atoms with van der Waals surface area (Å²) in [4.78, 5) is 0. The van der Waals surface area contributed by atoms with Crippen molar-refractivity contribution in [3.8, 4) is 5.75 Å². The predicted octanol–water partition coefficient (Wildman–Crippen LogP) is 4.98. The second-order valence-corrected chi connectivity index (χ2v) is 5.41. The molecule has 2 rings (SSSR count). The molecule has 0 aliphatic carbocycles. The Kier molecular flexibility index (Phi) is 4.15. The molecule has 0 aliphatic rings. The molecule has 0 heterocycles. The summed E-state index contributed by atoms with van der Waals surface area (Å²) in [5, 5.41) is 13.4. The minimum absolute atomic E-state index is 0.0655. The Morgan fingerprint density at radius 2 is 2.00 bits per heavy atom. The lowest BCUT2D eigenvalue weighted by Crippen LogP contribution is -2.06. The number of phenols is 1. The van der Waals surface area contributed by atoms with Gasteiger partial charge in [0.15, 0.2) is 0 Å². The Morgan fingerprint density at radius 1 is 1.22 bits per heavy atom. The van der Waals surface area contributed by atoms with Crippen LogP contribution in [0.25, 0.3) is 0 Å². The minimum Gasteiger partial charge on any atom is -0.508 e. The Labute approximate surface area is 120 Å². The van der Waals surface area contributed by atoms with Crippen molar-refractivity contribution in [3.63, 3.8) is 0 Å². The highest BCUT2D eigenvalue weighted by Gasteiger charge is 2.08. The smallest absolute Gasteiger partial charge is 0.115 e. The number of rotatable bonds is 3. The number of hydrogen-bond acceptors (Lipinski definition) is 2. The quantitative estimate of drug-likeness (QED) is 0.833. The van der Waals surface area contributed by atoms with Crippen LogP contribution in [0.1, 0.15) is 18.5 Å². The average molecular weight is 327 g/mol. The number of hydrogen-bond donors (Lipinski definition) is 2. The normalized spacial score (nSPS) is 12.2. The van der Waals surface area contributed by atoms with Crippen LogP contribution >= 0.6 is 27.5 Å². The van der Waals surface area contributed by atoms with Crippen LogP contribution < -0.4 is 5.32 Å². The molecule has 2 N–H and O–H groups in total. The maximum Gasteiger partial charge on any atom is 0.115 e. The zero-order valence-corrected chi connectivity index (χ0v) is 12.2. The highest BCUT2D eigenvalue weighted by atomic mass is 79.9. The monoisotopic (exact) mass is 325 g/mol. The van der Waals surface area contributed by atoms with Gasteiger partial charge in [0.1, 0.15) is 5.75 Å². The molecule has 0 amide bonds. The molecule has 2 aromatic rings. The van der Waals surface area contributed by atoms with Crippen molar-refractivity contribution in [2.45, 2.75) is 13.0 Å². The van der Waals surface area contributed by atoms with Gasteiger partial charge in [0.05, 0.1) is 10.7 Å². The fourth-order valence-corrected chi connectivity index (χ4v) is 2.45. The van der Waals surface area contributed by atoms with Gasteiger partial charge in [-0.3, -0.25) is 0 Å². The summed E-state index contributed by atoms with van der Waals surface area (Å²) in [6.45, 7) is 2.02. The molecule has 94 valence electrons. The predicted molar refractivity (Wildman–Crippen MR) is 79.3 cm³/mol. The van der Waals surface area contributed by atoms with E-state index in [9.17, 15) is 5.11 Å². The fourth-order valence-electron chi connectivity index (χ4n) is 1.72. The number of aromatic hydroxyl groups is 1. The molecule has 4 heteroatoms. The molecule has 18 heavy (non-hydrogen) atoms. The molecule has 2 aromatic carbocycles. The fraction of sp³-hybridized carbons (Fsp3) is 0.143. The first-order valence-electron chi connectivity index (χ1n) is 5.57. The summed E-state index contributed by atoms with van der Waals surface area (Å²) >= 11 is 9.52. The molecule has 0 aliphatic heterocycles. The zero-order chi connectivity index (χ0) is 13.1. The van der Waals surface area contributed by atoms with Gasteiger partial charge in [-0.15, -0.1) is 0 Å². The van der Waals surface area contributed by atoms with Gasteiger partial charge in [0.2, 0.25) is 0 Å². The van der Waals surface area contributed by atoms with E-state index in [1.807, 2.05) is 37.3 Å². The third kappa shape index (κ3) is 3.18. The van der Waals surface area contributed by atoms with Gasteiger partial charge < -0.3 is 10.4 Å². The van der Waals surface area contributed by atoms with Crippen molar-refractivity contribution >= 4 is 33.2 Å².